The van der Waals surface area contributed by atoms with Crippen LogP contribution in [0.4, 0.5) is 5.13 Å². The van der Waals surface area contributed by atoms with Crippen LogP contribution in [0.15, 0.2) is 16.7 Å². The number of thiazole rings is 1. The lowest BCUT2D eigenvalue weighted by molar-refractivity contribution is 0.103. The Morgan fingerprint density at radius 2 is 2.41 bits per heavy atom. The van der Waals surface area contributed by atoms with Gasteiger partial charge in [0.15, 0.2) is 5.13 Å². The van der Waals surface area contributed by atoms with Crippen molar-refractivity contribution in [2.45, 2.75) is 6.92 Å². The van der Waals surface area contributed by atoms with E-state index in [9.17, 15) is 4.79 Å². The number of nitrogens with one attached hydrogen (secondary N) is 1. The quantitative estimate of drug-likeness (QED) is 0.499. The summed E-state index contributed by atoms with van der Waals surface area (Å²) in [5.74, 6) is -0.306. The Bertz CT molecular complexity index is 548. The molecule has 1 amide bonds. The van der Waals surface area contributed by atoms with Gasteiger partial charge in [-0.2, -0.15) is 0 Å². The molecule has 0 saturated carbocycles. The number of nitrogens with zero attached hydrogens (tertiary/aromatic N) is 4. The molecule has 2 aromatic rings. The molecule has 0 fully saturated rings. The van der Waals surface area contributed by atoms with Gasteiger partial charge in [0.1, 0.15) is 16.3 Å². The van der Waals surface area contributed by atoms with Gasteiger partial charge in [-0.05, 0) is 18.5 Å². The molecule has 0 aliphatic rings. The highest BCUT2D eigenvalue weighted by atomic mass is 32.1. The fourth-order valence-corrected chi connectivity index (χ4v) is 2.13. The Morgan fingerprint density at radius 3 is 3.06 bits per heavy atom. The molecular formula is C8H7N5O2S2. The predicted molar refractivity (Wildman–Crippen MR) is 64.0 cm³/mol. The van der Waals surface area contributed by atoms with Crippen LogP contribution in [0.1, 0.15) is 22.3 Å². The smallest absolute Gasteiger partial charge is 0.270 e. The Morgan fingerprint density at radius 1 is 1.59 bits per heavy atom. The molecule has 0 aliphatic carbocycles. The third-order valence-corrected chi connectivity index (χ3v) is 3.25. The predicted octanol–water partition coefficient (Wildman–Crippen LogP) is 1.45. The van der Waals surface area contributed by atoms with Gasteiger partial charge >= 0.3 is 0 Å². The first-order chi connectivity index (χ1) is 8.20. The minimum atomic E-state index is -0.306. The average Bonchev–Trinajstić information content (AvgIpc) is 2.98. The number of hydrogen-bond acceptors (Lipinski definition) is 8. The fraction of sp³-hybridized carbons (Fsp3) is 0.125. The summed E-state index contributed by atoms with van der Waals surface area (Å²) in [6.07, 6.45) is 1.38. The number of carbonyl (C=O) groups is 1. The zero-order valence-electron chi connectivity index (χ0n) is 8.62. The lowest BCUT2D eigenvalue weighted by Crippen LogP contribution is -2.10. The summed E-state index contributed by atoms with van der Waals surface area (Å²) in [6.45, 7) is 1.62. The van der Waals surface area contributed by atoms with Crippen LogP contribution in [0.2, 0.25) is 0 Å². The van der Waals surface area contributed by atoms with Crippen LogP contribution >= 0.6 is 22.9 Å². The normalized spacial score (nSPS) is 11.5. The molecule has 0 radical (unpaired) electrons. The van der Waals surface area contributed by atoms with Gasteiger partial charge in [-0.25, -0.2) is 4.98 Å². The van der Waals surface area contributed by atoms with E-state index in [4.69, 9.17) is 5.21 Å². The molecule has 2 heterocycles. The van der Waals surface area contributed by atoms with E-state index in [0.717, 1.165) is 11.5 Å². The van der Waals surface area contributed by atoms with E-state index in [-0.39, 0.29) is 5.91 Å². The Kier molecular flexibility index (Phi) is 3.40. The van der Waals surface area contributed by atoms with Crippen molar-refractivity contribution in [2.75, 3.05) is 5.32 Å². The summed E-state index contributed by atoms with van der Waals surface area (Å²) in [5, 5.41) is 19.9. The summed E-state index contributed by atoms with van der Waals surface area (Å²) in [7, 11) is 0. The summed E-state index contributed by atoms with van der Waals surface area (Å²) >= 11 is 2.26. The van der Waals surface area contributed by atoms with Gasteiger partial charge < -0.3 is 5.21 Å². The molecule has 0 bridgehead atoms. The number of anilines is 1. The molecule has 17 heavy (non-hydrogen) atoms. The van der Waals surface area contributed by atoms with E-state index < -0.39 is 0 Å². The monoisotopic (exact) mass is 269 g/mol. The second-order valence-corrected chi connectivity index (χ2v) is 4.60. The van der Waals surface area contributed by atoms with E-state index >= 15 is 0 Å². The molecule has 2 aromatic heterocycles. The highest BCUT2D eigenvalue weighted by Crippen LogP contribution is 2.17. The number of carbonyl (C=O) groups excluding carboxylic acids is 1. The first kappa shape index (κ1) is 11.6. The topological polar surface area (TPSA) is 100 Å². The van der Waals surface area contributed by atoms with Crippen LogP contribution in [0.3, 0.4) is 0 Å². The molecule has 2 N–H and O–H groups in total. The van der Waals surface area contributed by atoms with Crippen LogP contribution in [0.25, 0.3) is 0 Å². The van der Waals surface area contributed by atoms with Crippen LogP contribution in [-0.4, -0.2) is 31.4 Å². The maximum atomic E-state index is 11.6. The molecule has 0 aliphatic heterocycles. The maximum absolute atomic E-state index is 11.6. The number of amides is 1. The minimum absolute atomic E-state index is 0.306. The number of aromatic nitrogens is 3. The second-order valence-electron chi connectivity index (χ2n) is 2.96. The summed E-state index contributed by atoms with van der Waals surface area (Å²) in [5.41, 5.74) is 0.913. The third-order valence-electron chi connectivity index (χ3n) is 1.83. The standard InChI is InChI=1S/C8H7N5O2S2/c1-4(12-15)5-3-16-8(10-5)11-7(14)6-2-9-13-17-6/h2-3,15H,1H3,(H,10,11,14). The number of hydrogen-bond donors (Lipinski definition) is 2. The lowest BCUT2D eigenvalue weighted by Gasteiger charge is -1.96. The lowest BCUT2D eigenvalue weighted by atomic mass is 10.3. The molecule has 0 aromatic carbocycles. The molecular weight excluding hydrogens is 262 g/mol. The molecule has 0 spiro atoms. The van der Waals surface area contributed by atoms with Gasteiger partial charge in [0.25, 0.3) is 5.91 Å². The van der Waals surface area contributed by atoms with E-state index in [1.54, 1.807) is 12.3 Å². The molecule has 0 atom stereocenters. The van der Waals surface area contributed by atoms with Gasteiger partial charge in [0.2, 0.25) is 0 Å². The molecule has 2 rings (SSSR count). The van der Waals surface area contributed by atoms with E-state index in [2.05, 4.69) is 25.0 Å². The Balaban J connectivity index is 2.10. The zero-order valence-corrected chi connectivity index (χ0v) is 10.2. The van der Waals surface area contributed by atoms with Crippen molar-refractivity contribution in [3.63, 3.8) is 0 Å². The summed E-state index contributed by atoms with van der Waals surface area (Å²) in [4.78, 5) is 16.1. The molecule has 7 nitrogen and oxygen atoms in total. The molecule has 0 saturated heterocycles. The number of oxime groups is 1. The highest BCUT2D eigenvalue weighted by molar-refractivity contribution is 7.14. The SMILES string of the molecule is CC(=NO)c1csc(NC(=O)c2cnns2)n1. The Hall–Kier alpha value is -1.87. The average molecular weight is 269 g/mol. The maximum Gasteiger partial charge on any atom is 0.270 e. The highest BCUT2D eigenvalue weighted by Gasteiger charge is 2.12. The van der Waals surface area contributed by atoms with Gasteiger partial charge in [-0.15, -0.1) is 16.4 Å². The van der Waals surface area contributed by atoms with Crippen molar-refractivity contribution in [2.24, 2.45) is 5.16 Å². The third kappa shape index (κ3) is 2.63. The fourth-order valence-electron chi connectivity index (χ4n) is 0.974. The Labute approximate surface area is 104 Å². The van der Waals surface area contributed by atoms with Crippen LogP contribution in [-0.2, 0) is 0 Å². The van der Waals surface area contributed by atoms with E-state index in [1.165, 1.54) is 17.5 Å². The van der Waals surface area contributed by atoms with Crippen LogP contribution < -0.4 is 5.32 Å². The van der Waals surface area contributed by atoms with Crippen LogP contribution in [0.5, 0.6) is 0 Å². The van der Waals surface area contributed by atoms with Crippen molar-refractivity contribution >= 4 is 39.6 Å². The van der Waals surface area contributed by atoms with Gasteiger partial charge in [-0.3, -0.25) is 10.1 Å². The van der Waals surface area contributed by atoms with Crippen molar-refractivity contribution in [3.8, 4) is 0 Å². The number of rotatable bonds is 3. The van der Waals surface area contributed by atoms with Crippen LogP contribution in [0, 0.1) is 0 Å². The first-order valence-electron chi connectivity index (χ1n) is 4.44. The molecule has 0 unspecified atom stereocenters. The van der Waals surface area contributed by atoms with Crippen molar-refractivity contribution in [3.05, 3.63) is 22.1 Å². The van der Waals surface area contributed by atoms with Gasteiger partial charge in [-0.1, -0.05) is 9.64 Å². The zero-order chi connectivity index (χ0) is 12.3. The molecule has 88 valence electrons. The molecule has 9 heteroatoms. The minimum Gasteiger partial charge on any atom is -0.411 e. The van der Waals surface area contributed by atoms with Crippen molar-refractivity contribution in [1.29, 1.82) is 0 Å². The van der Waals surface area contributed by atoms with Crippen molar-refractivity contribution in [1.82, 2.24) is 14.6 Å². The van der Waals surface area contributed by atoms with E-state index in [0.29, 0.717) is 21.4 Å². The van der Waals surface area contributed by atoms with Gasteiger partial charge in [0, 0.05) is 5.38 Å². The first-order valence-corrected chi connectivity index (χ1v) is 6.09. The second kappa shape index (κ2) is 4.97. The largest absolute Gasteiger partial charge is 0.411 e. The van der Waals surface area contributed by atoms with Gasteiger partial charge in [0.05, 0.1) is 6.20 Å². The summed E-state index contributed by atoms with van der Waals surface area (Å²) in [6, 6.07) is 0. The summed E-state index contributed by atoms with van der Waals surface area (Å²) < 4.78 is 3.59. The van der Waals surface area contributed by atoms with Crippen molar-refractivity contribution < 1.29 is 10.0 Å². The van der Waals surface area contributed by atoms with E-state index in [1.807, 2.05) is 0 Å².